The third-order valence-corrected chi connectivity index (χ3v) is 3.72. The minimum Gasteiger partial charge on any atom is -0.339 e. The summed E-state index contributed by atoms with van der Waals surface area (Å²) in [4.78, 5) is 27.3. The molecule has 2 rings (SSSR count). The molecule has 1 aliphatic rings. The molecule has 0 spiro atoms. The van der Waals surface area contributed by atoms with Crippen molar-refractivity contribution >= 4 is 11.8 Å². The Morgan fingerprint density at radius 3 is 2.35 bits per heavy atom. The van der Waals surface area contributed by atoms with Gasteiger partial charge >= 0.3 is 0 Å². The van der Waals surface area contributed by atoms with Gasteiger partial charge in [0.05, 0.1) is 6.42 Å². The van der Waals surface area contributed by atoms with Crippen LogP contribution in [-0.2, 0) is 16.0 Å². The van der Waals surface area contributed by atoms with Crippen molar-refractivity contribution in [3.8, 4) is 0 Å². The highest BCUT2D eigenvalue weighted by molar-refractivity contribution is 5.87. The van der Waals surface area contributed by atoms with Crippen LogP contribution < -0.4 is 0 Å². The van der Waals surface area contributed by atoms with Crippen molar-refractivity contribution in [3.63, 3.8) is 0 Å². The van der Waals surface area contributed by atoms with Gasteiger partial charge in [-0.2, -0.15) is 0 Å². The Balaban J connectivity index is 1.91. The summed E-state index contributed by atoms with van der Waals surface area (Å²) >= 11 is 0. The lowest BCUT2D eigenvalue weighted by molar-refractivity contribution is -0.136. The van der Waals surface area contributed by atoms with Crippen LogP contribution in [0.5, 0.6) is 0 Å². The molecule has 0 bridgehead atoms. The molecule has 4 heteroatoms. The minimum absolute atomic E-state index is 0.0593. The fraction of sp³-hybridized carbons (Fsp3) is 0.375. The summed E-state index contributed by atoms with van der Waals surface area (Å²) in [5, 5.41) is 0. The summed E-state index contributed by atoms with van der Waals surface area (Å²) < 4.78 is 0. The van der Waals surface area contributed by atoms with Gasteiger partial charge in [0.25, 0.3) is 0 Å². The SMILES string of the molecule is C=CC(=O)N1CCN(C(=O)Cc2ccccc2C)CC1. The number of hydrogen-bond donors (Lipinski definition) is 0. The zero-order chi connectivity index (χ0) is 14.5. The number of nitrogens with zero attached hydrogens (tertiary/aromatic N) is 2. The number of hydrogen-bond acceptors (Lipinski definition) is 2. The molecule has 1 heterocycles. The Hall–Kier alpha value is -2.10. The summed E-state index contributed by atoms with van der Waals surface area (Å²) in [7, 11) is 0. The van der Waals surface area contributed by atoms with Crippen LogP contribution in [0.25, 0.3) is 0 Å². The van der Waals surface area contributed by atoms with Gasteiger partial charge in [-0.25, -0.2) is 0 Å². The molecule has 2 amide bonds. The average Bonchev–Trinajstić information content (AvgIpc) is 2.49. The molecular weight excluding hydrogens is 252 g/mol. The molecule has 0 atom stereocenters. The molecule has 1 aromatic rings. The molecule has 0 radical (unpaired) electrons. The second-order valence-corrected chi connectivity index (χ2v) is 5.01. The molecule has 1 aliphatic heterocycles. The fourth-order valence-corrected chi connectivity index (χ4v) is 2.39. The van der Waals surface area contributed by atoms with Gasteiger partial charge in [-0.05, 0) is 24.1 Å². The van der Waals surface area contributed by atoms with E-state index in [1.165, 1.54) is 6.08 Å². The first-order valence-electron chi connectivity index (χ1n) is 6.85. The maximum Gasteiger partial charge on any atom is 0.246 e. The second kappa shape index (κ2) is 6.37. The predicted molar refractivity (Wildman–Crippen MR) is 78.2 cm³/mol. The predicted octanol–water partition coefficient (Wildman–Crippen LogP) is 1.39. The van der Waals surface area contributed by atoms with Crippen molar-refractivity contribution in [2.24, 2.45) is 0 Å². The Morgan fingerprint density at radius 1 is 1.15 bits per heavy atom. The minimum atomic E-state index is -0.0593. The Morgan fingerprint density at radius 2 is 1.75 bits per heavy atom. The van der Waals surface area contributed by atoms with E-state index in [0.29, 0.717) is 32.6 Å². The van der Waals surface area contributed by atoms with Crippen molar-refractivity contribution in [2.75, 3.05) is 26.2 Å². The van der Waals surface area contributed by atoms with Crippen LogP contribution in [0.1, 0.15) is 11.1 Å². The van der Waals surface area contributed by atoms with Crippen molar-refractivity contribution in [1.82, 2.24) is 9.80 Å². The zero-order valence-electron chi connectivity index (χ0n) is 11.8. The maximum absolute atomic E-state index is 12.3. The Labute approximate surface area is 119 Å². The molecule has 20 heavy (non-hydrogen) atoms. The molecule has 0 aromatic heterocycles. The lowest BCUT2D eigenvalue weighted by atomic mass is 10.1. The first-order chi connectivity index (χ1) is 9.61. The average molecular weight is 272 g/mol. The van der Waals surface area contributed by atoms with Crippen LogP contribution in [0.4, 0.5) is 0 Å². The maximum atomic E-state index is 12.3. The van der Waals surface area contributed by atoms with Gasteiger partial charge < -0.3 is 9.80 Å². The van der Waals surface area contributed by atoms with Crippen LogP contribution in [0.2, 0.25) is 0 Å². The van der Waals surface area contributed by atoms with E-state index >= 15 is 0 Å². The first kappa shape index (κ1) is 14.3. The number of benzene rings is 1. The quantitative estimate of drug-likeness (QED) is 0.780. The number of aryl methyl sites for hydroxylation is 1. The summed E-state index contributed by atoms with van der Waals surface area (Å²) in [6.07, 6.45) is 1.76. The Bertz CT molecular complexity index is 517. The van der Waals surface area contributed by atoms with E-state index in [9.17, 15) is 9.59 Å². The van der Waals surface area contributed by atoms with Gasteiger partial charge in [0, 0.05) is 26.2 Å². The third-order valence-electron chi connectivity index (χ3n) is 3.72. The van der Waals surface area contributed by atoms with Crippen LogP contribution >= 0.6 is 0 Å². The van der Waals surface area contributed by atoms with Gasteiger partial charge in [-0.1, -0.05) is 30.8 Å². The van der Waals surface area contributed by atoms with Crippen molar-refractivity contribution in [1.29, 1.82) is 0 Å². The monoisotopic (exact) mass is 272 g/mol. The smallest absolute Gasteiger partial charge is 0.246 e. The van der Waals surface area contributed by atoms with E-state index in [1.54, 1.807) is 4.90 Å². The van der Waals surface area contributed by atoms with E-state index in [-0.39, 0.29) is 11.8 Å². The van der Waals surface area contributed by atoms with Crippen LogP contribution in [-0.4, -0.2) is 47.8 Å². The highest BCUT2D eigenvalue weighted by Crippen LogP contribution is 2.11. The Kier molecular flexibility index (Phi) is 4.56. The molecule has 0 aliphatic carbocycles. The molecule has 1 saturated heterocycles. The molecule has 1 fully saturated rings. The lowest BCUT2D eigenvalue weighted by Gasteiger charge is -2.34. The highest BCUT2D eigenvalue weighted by Gasteiger charge is 2.22. The van der Waals surface area contributed by atoms with Gasteiger partial charge in [0.2, 0.25) is 11.8 Å². The summed E-state index contributed by atoms with van der Waals surface area (Å²) in [6, 6.07) is 7.94. The van der Waals surface area contributed by atoms with E-state index in [4.69, 9.17) is 0 Å². The van der Waals surface area contributed by atoms with Crippen molar-refractivity contribution in [3.05, 3.63) is 48.0 Å². The number of rotatable bonds is 3. The number of carbonyl (C=O) groups excluding carboxylic acids is 2. The summed E-state index contributed by atoms with van der Waals surface area (Å²) in [5.41, 5.74) is 2.21. The molecule has 0 unspecified atom stereocenters. The van der Waals surface area contributed by atoms with Crippen LogP contribution in [0, 0.1) is 6.92 Å². The molecular formula is C16H20N2O2. The topological polar surface area (TPSA) is 40.6 Å². The number of amides is 2. The molecule has 106 valence electrons. The van der Waals surface area contributed by atoms with E-state index in [0.717, 1.165) is 11.1 Å². The molecule has 4 nitrogen and oxygen atoms in total. The van der Waals surface area contributed by atoms with Gasteiger partial charge in [-0.15, -0.1) is 0 Å². The molecule has 0 N–H and O–H groups in total. The molecule has 0 saturated carbocycles. The number of carbonyl (C=O) groups is 2. The molecule has 1 aromatic carbocycles. The normalized spacial score (nSPS) is 15.1. The summed E-state index contributed by atoms with van der Waals surface area (Å²) in [6.45, 7) is 7.88. The van der Waals surface area contributed by atoms with E-state index in [2.05, 4.69) is 6.58 Å². The lowest BCUT2D eigenvalue weighted by Crippen LogP contribution is -2.50. The second-order valence-electron chi connectivity index (χ2n) is 5.01. The first-order valence-corrected chi connectivity index (χ1v) is 6.85. The standard InChI is InChI=1S/C16H20N2O2/c1-3-15(19)17-8-10-18(11-9-17)16(20)12-14-7-5-4-6-13(14)2/h3-7H,1,8-12H2,2H3. The number of piperazine rings is 1. The van der Waals surface area contributed by atoms with E-state index < -0.39 is 0 Å². The summed E-state index contributed by atoms with van der Waals surface area (Å²) in [5.74, 6) is 0.0704. The van der Waals surface area contributed by atoms with Crippen LogP contribution in [0.15, 0.2) is 36.9 Å². The van der Waals surface area contributed by atoms with Gasteiger partial charge in [-0.3, -0.25) is 9.59 Å². The highest BCUT2D eigenvalue weighted by atomic mass is 16.2. The van der Waals surface area contributed by atoms with Crippen molar-refractivity contribution < 1.29 is 9.59 Å². The fourth-order valence-electron chi connectivity index (χ4n) is 2.39. The largest absolute Gasteiger partial charge is 0.339 e. The van der Waals surface area contributed by atoms with E-state index in [1.807, 2.05) is 36.1 Å². The third kappa shape index (κ3) is 3.26. The van der Waals surface area contributed by atoms with Gasteiger partial charge in [0.1, 0.15) is 0 Å². The van der Waals surface area contributed by atoms with Crippen molar-refractivity contribution in [2.45, 2.75) is 13.3 Å². The van der Waals surface area contributed by atoms with Gasteiger partial charge in [0.15, 0.2) is 0 Å². The zero-order valence-corrected chi connectivity index (χ0v) is 11.8. The van der Waals surface area contributed by atoms with Crippen LogP contribution in [0.3, 0.4) is 0 Å².